The predicted molar refractivity (Wildman–Crippen MR) is 109 cm³/mol. The Bertz CT molecular complexity index is 1140. The molecule has 0 aliphatic carbocycles. The van der Waals surface area contributed by atoms with Crippen molar-refractivity contribution < 1.29 is 13.6 Å². The first-order valence-electron chi connectivity index (χ1n) is 8.31. The predicted octanol–water partition coefficient (Wildman–Crippen LogP) is 4.27. The van der Waals surface area contributed by atoms with Crippen LogP contribution < -0.4 is 10.9 Å². The summed E-state index contributed by atoms with van der Waals surface area (Å²) in [5, 5.41) is 3.27. The molecule has 9 heteroatoms. The molecule has 5 nitrogen and oxygen atoms in total. The number of amides is 1. The van der Waals surface area contributed by atoms with Gasteiger partial charge in [-0.3, -0.25) is 14.2 Å². The first-order valence-corrected chi connectivity index (χ1v) is 10.1. The van der Waals surface area contributed by atoms with Gasteiger partial charge in [-0.05, 0) is 31.5 Å². The van der Waals surface area contributed by atoms with Crippen LogP contribution in [-0.4, -0.2) is 21.2 Å². The van der Waals surface area contributed by atoms with Gasteiger partial charge in [0.05, 0.1) is 16.8 Å². The summed E-state index contributed by atoms with van der Waals surface area (Å²) in [5.41, 5.74) is 0.471. The number of aryl methyl sites for hydroxylation is 2. The molecule has 3 aromatic rings. The van der Waals surface area contributed by atoms with Crippen molar-refractivity contribution in [3.05, 3.63) is 63.3 Å². The molecular formula is C19H17F2N3O2S2. The van der Waals surface area contributed by atoms with Gasteiger partial charge in [0.15, 0.2) is 5.16 Å². The quantitative estimate of drug-likeness (QED) is 0.367. The zero-order valence-corrected chi connectivity index (χ0v) is 16.8. The maximum Gasteiger partial charge on any atom is 0.263 e. The molecule has 0 aliphatic heterocycles. The summed E-state index contributed by atoms with van der Waals surface area (Å²) in [7, 11) is 0. The monoisotopic (exact) mass is 421 g/mol. The molecule has 0 bridgehead atoms. The van der Waals surface area contributed by atoms with Crippen molar-refractivity contribution in [1.29, 1.82) is 0 Å². The smallest absolute Gasteiger partial charge is 0.263 e. The van der Waals surface area contributed by atoms with E-state index >= 15 is 0 Å². The third-order valence-electron chi connectivity index (χ3n) is 4.10. The topological polar surface area (TPSA) is 64.0 Å². The van der Waals surface area contributed by atoms with E-state index in [1.165, 1.54) is 15.9 Å². The molecule has 1 N–H and O–H groups in total. The van der Waals surface area contributed by atoms with Crippen LogP contribution in [0.3, 0.4) is 0 Å². The molecule has 2 heterocycles. The van der Waals surface area contributed by atoms with Gasteiger partial charge in [-0.15, -0.1) is 17.9 Å². The Morgan fingerprint density at radius 1 is 1.39 bits per heavy atom. The number of carbonyl (C=O) groups excluding carboxylic acids is 1. The van der Waals surface area contributed by atoms with Gasteiger partial charge in [-0.2, -0.15) is 0 Å². The number of anilines is 1. The highest BCUT2D eigenvalue weighted by Crippen LogP contribution is 2.28. The summed E-state index contributed by atoms with van der Waals surface area (Å²) in [6.07, 6.45) is 1.58. The van der Waals surface area contributed by atoms with Gasteiger partial charge in [0.25, 0.3) is 5.56 Å². The van der Waals surface area contributed by atoms with Crippen LogP contribution in [0.15, 0.2) is 40.8 Å². The Morgan fingerprint density at radius 2 is 2.14 bits per heavy atom. The molecule has 0 spiro atoms. The van der Waals surface area contributed by atoms with Crippen LogP contribution in [0.2, 0.25) is 0 Å². The molecule has 28 heavy (non-hydrogen) atoms. The van der Waals surface area contributed by atoms with Crippen LogP contribution in [0.25, 0.3) is 10.2 Å². The lowest BCUT2D eigenvalue weighted by molar-refractivity contribution is -0.113. The number of fused-ring (bicyclic) bond motifs is 1. The number of allylic oxidation sites excluding steroid dienone is 1. The zero-order chi connectivity index (χ0) is 20.4. The second-order valence-corrected chi connectivity index (χ2v) is 8.17. The number of carbonyl (C=O) groups is 1. The molecule has 0 radical (unpaired) electrons. The first-order chi connectivity index (χ1) is 13.3. The highest BCUT2D eigenvalue weighted by molar-refractivity contribution is 7.99. The molecule has 1 amide bonds. The standard InChI is InChI=1S/C19H17F2N3O2S2/c1-4-7-24-18(26)16-10(2)11(3)28-17(16)23-19(24)27-9-15(25)22-14-8-12(20)5-6-13(14)21/h4-6,8H,1,7,9H2,2-3H3,(H,22,25). The largest absolute Gasteiger partial charge is 0.323 e. The van der Waals surface area contributed by atoms with Crippen molar-refractivity contribution in [1.82, 2.24) is 9.55 Å². The van der Waals surface area contributed by atoms with Gasteiger partial charge in [0, 0.05) is 17.5 Å². The van der Waals surface area contributed by atoms with Gasteiger partial charge >= 0.3 is 0 Å². The SMILES string of the molecule is C=CCn1c(SCC(=O)Nc2cc(F)ccc2F)nc2sc(C)c(C)c2c1=O. The lowest BCUT2D eigenvalue weighted by Crippen LogP contribution is -2.23. The summed E-state index contributed by atoms with van der Waals surface area (Å²) in [5.74, 6) is -2.03. The van der Waals surface area contributed by atoms with Gasteiger partial charge in [0.2, 0.25) is 5.91 Å². The van der Waals surface area contributed by atoms with E-state index in [4.69, 9.17) is 0 Å². The van der Waals surface area contributed by atoms with Crippen molar-refractivity contribution in [2.24, 2.45) is 0 Å². The zero-order valence-electron chi connectivity index (χ0n) is 15.2. The Balaban J connectivity index is 1.86. The van der Waals surface area contributed by atoms with Crippen LogP contribution in [0.4, 0.5) is 14.5 Å². The van der Waals surface area contributed by atoms with Crippen LogP contribution in [0.5, 0.6) is 0 Å². The van der Waals surface area contributed by atoms with Gasteiger partial charge in [-0.1, -0.05) is 17.8 Å². The Hall–Kier alpha value is -2.52. The second kappa shape index (κ2) is 8.24. The molecule has 0 unspecified atom stereocenters. The van der Waals surface area contributed by atoms with Crippen molar-refractivity contribution in [2.75, 3.05) is 11.1 Å². The van der Waals surface area contributed by atoms with E-state index in [1.807, 2.05) is 13.8 Å². The van der Waals surface area contributed by atoms with Crippen molar-refractivity contribution in [3.8, 4) is 0 Å². The highest BCUT2D eigenvalue weighted by Gasteiger charge is 2.17. The molecular weight excluding hydrogens is 404 g/mol. The molecule has 2 aromatic heterocycles. The van der Waals surface area contributed by atoms with Crippen molar-refractivity contribution in [2.45, 2.75) is 25.5 Å². The van der Waals surface area contributed by atoms with E-state index < -0.39 is 17.5 Å². The van der Waals surface area contributed by atoms with E-state index in [2.05, 4.69) is 16.9 Å². The number of rotatable bonds is 6. The summed E-state index contributed by atoms with van der Waals surface area (Å²) >= 11 is 2.47. The average Bonchev–Trinajstić information content (AvgIpc) is 2.93. The molecule has 0 aliphatic rings. The lowest BCUT2D eigenvalue weighted by atomic mass is 10.2. The van der Waals surface area contributed by atoms with Gasteiger partial charge in [0.1, 0.15) is 16.5 Å². The third-order valence-corrected chi connectivity index (χ3v) is 6.18. The Morgan fingerprint density at radius 3 is 2.86 bits per heavy atom. The molecule has 0 atom stereocenters. The molecule has 1 aromatic carbocycles. The van der Waals surface area contributed by atoms with E-state index in [0.29, 0.717) is 15.4 Å². The van der Waals surface area contributed by atoms with E-state index in [9.17, 15) is 18.4 Å². The van der Waals surface area contributed by atoms with Gasteiger partial charge < -0.3 is 5.32 Å². The van der Waals surface area contributed by atoms with Crippen LogP contribution in [0, 0.1) is 25.5 Å². The van der Waals surface area contributed by atoms with Crippen LogP contribution >= 0.6 is 23.1 Å². The molecule has 0 saturated carbocycles. The summed E-state index contributed by atoms with van der Waals surface area (Å²) < 4.78 is 28.4. The minimum atomic E-state index is -0.729. The van der Waals surface area contributed by atoms with Crippen molar-refractivity contribution >= 4 is 44.9 Å². The maximum absolute atomic E-state index is 13.7. The number of hydrogen-bond donors (Lipinski definition) is 1. The average molecular weight is 421 g/mol. The summed E-state index contributed by atoms with van der Waals surface area (Å²) in [6, 6.07) is 2.82. The highest BCUT2D eigenvalue weighted by atomic mass is 32.2. The summed E-state index contributed by atoms with van der Waals surface area (Å²) in [4.78, 5) is 31.2. The number of thioether (sulfide) groups is 1. The number of hydrogen-bond acceptors (Lipinski definition) is 5. The van der Waals surface area contributed by atoms with E-state index in [1.54, 1.807) is 6.08 Å². The third kappa shape index (κ3) is 4.00. The molecule has 146 valence electrons. The fraction of sp³-hybridized carbons (Fsp3) is 0.211. The van der Waals surface area contributed by atoms with E-state index in [0.717, 1.165) is 40.4 Å². The Kier molecular flexibility index (Phi) is 5.95. The number of halogens is 2. The number of nitrogens with zero attached hydrogens (tertiary/aromatic N) is 2. The van der Waals surface area contributed by atoms with Gasteiger partial charge in [-0.25, -0.2) is 13.8 Å². The minimum absolute atomic E-state index is 0.117. The van der Waals surface area contributed by atoms with Crippen molar-refractivity contribution in [3.63, 3.8) is 0 Å². The first kappa shape index (κ1) is 20.2. The number of benzene rings is 1. The minimum Gasteiger partial charge on any atom is -0.323 e. The van der Waals surface area contributed by atoms with E-state index in [-0.39, 0.29) is 23.5 Å². The number of aromatic nitrogens is 2. The molecule has 0 saturated heterocycles. The lowest BCUT2D eigenvalue weighted by Gasteiger charge is -2.11. The van der Waals surface area contributed by atoms with Crippen LogP contribution in [-0.2, 0) is 11.3 Å². The molecule has 0 fully saturated rings. The molecule has 3 rings (SSSR count). The maximum atomic E-state index is 13.7. The normalized spacial score (nSPS) is 11.0. The number of nitrogens with one attached hydrogen (secondary N) is 1. The van der Waals surface area contributed by atoms with Crippen LogP contribution in [0.1, 0.15) is 10.4 Å². The Labute approximate surface area is 168 Å². The number of thiophene rings is 1. The summed E-state index contributed by atoms with van der Waals surface area (Å²) in [6.45, 7) is 7.71. The second-order valence-electron chi connectivity index (χ2n) is 6.02. The fourth-order valence-electron chi connectivity index (χ4n) is 2.62. The fourth-order valence-corrected chi connectivity index (χ4v) is 4.50.